The molecular formula is C20H21ClF3N3O. The van der Waals surface area contributed by atoms with E-state index >= 15 is 0 Å². The normalized spacial score (nSPS) is 31.5. The van der Waals surface area contributed by atoms with Crippen LogP contribution in [-0.2, 0) is 17.4 Å². The molecule has 2 heterocycles. The maximum atomic E-state index is 13.0. The molecule has 4 fully saturated rings. The van der Waals surface area contributed by atoms with Crippen LogP contribution in [0, 0.1) is 17.8 Å². The maximum Gasteiger partial charge on any atom is 0.417 e. The van der Waals surface area contributed by atoms with Crippen LogP contribution in [0.15, 0.2) is 18.5 Å². The quantitative estimate of drug-likeness (QED) is 0.800. The highest BCUT2D eigenvalue weighted by Gasteiger charge is 2.51. The van der Waals surface area contributed by atoms with Gasteiger partial charge in [0, 0.05) is 17.9 Å². The van der Waals surface area contributed by atoms with E-state index in [4.69, 9.17) is 11.6 Å². The van der Waals surface area contributed by atoms with Gasteiger partial charge in [-0.15, -0.1) is 0 Å². The highest BCUT2D eigenvalue weighted by atomic mass is 35.5. The van der Waals surface area contributed by atoms with E-state index in [1.807, 2.05) is 0 Å². The van der Waals surface area contributed by atoms with Crippen molar-refractivity contribution in [3.63, 3.8) is 0 Å². The Morgan fingerprint density at radius 2 is 1.79 bits per heavy atom. The van der Waals surface area contributed by atoms with Crippen molar-refractivity contribution in [2.75, 3.05) is 0 Å². The fourth-order valence-electron chi connectivity index (χ4n) is 6.12. The predicted molar refractivity (Wildman–Crippen MR) is 98.0 cm³/mol. The molecule has 0 saturated heterocycles. The third kappa shape index (κ3) is 3.17. The molecule has 0 radical (unpaired) electrons. The summed E-state index contributed by atoms with van der Waals surface area (Å²) in [5.74, 6) is 2.06. The van der Waals surface area contributed by atoms with Crippen molar-refractivity contribution < 1.29 is 18.0 Å². The third-order valence-electron chi connectivity index (χ3n) is 6.67. The van der Waals surface area contributed by atoms with E-state index in [-0.39, 0.29) is 28.5 Å². The molecule has 1 N–H and O–H groups in total. The number of amides is 1. The largest absolute Gasteiger partial charge is 0.417 e. The second-order valence-electron chi connectivity index (χ2n) is 8.96. The molecule has 0 aromatic carbocycles. The van der Waals surface area contributed by atoms with Crippen LogP contribution in [0.3, 0.4) is 0 Å². The molecule has 4 bridgehead atoms. The first-order chi connectivity index (χ1) is 13.2. The lowest BCUT2D eigenvalue weighted by atomic mass is 9.53. The lowest BCUT2D eigenvalue weighted by Gasteiger charge is -2.56. The van der Waals surface area contributed by atoms with Crippen LogP contribution in [0.5, 0.6) is 0 Å². The second kappa shape index (κ2) is 6.12. The van der Waals surface area contributed by atoms with Gasteiger partial charge in [0.15, 0.2) is 5.65 Å². The predicted octanol–water partition coefficient (Wildman–Crippen LogP) is 4.63. The molecule has 4 nitrogen and oxygen atoms in total. The molecular weight excluding hydrogens is 391 g/mol. The van der Waals surface area contributed by atoms with E-state index in [1.54, 1.807) is 0 Å². The highest BCUT2D eigenvalue weighted by Crippen LogP contribution is 2.55. The number of aromatic nitrogens is 2. The van der Waals surface area contributed by atoms with Gasteiger partial charge in [-0.3, -0.25) is 4.79 Å². The molecule has 4 saturated carbocycles. The van der Waals surface area contributed by atoms with Crippen LogP contribution in [-0.4, -0.2) is 20.8 Å². The van der Waals surface area contributed by atoms with Gasteiger partial charge in [0.1, 0.15) is 0 Å². The topological polar surface area (TPSA) is 46.4 Å². The number of nitrogens with zero attached hydrogens (tertiary/aromatic N) is 2. The fourth-order valence-corrected chi connectivity index (χ4v) is 6.37. The Labute approximate surface area is 165 Å². The number of nitrogens with one attached hydrogen (secondary N) is 1. The number of imidazole rings is 1. The summed E-state index contributed by atoms with van der Waals surface area (Å²) in [7, 11) is 0. The van der Waals surface area contributed by atoms with Crippen molar-refractivity contribution in [3.8, 4) is 0 Å². The summed E-state index contributed by atoms with van der Waals surface area (Å²) in [6.07, 6.45) is 5.00. The van der Waals surface area contributed by atoms with Gasteiger partial charge >= 0.3 is 6.18 Å². The Bertz CT molecular complexity index is 917. The van der Waals surface area contributed by atoms with Gasteiger partial charge in [0.2, 0.25) is 5.91 Å². The van der Waals surface area contributed by atoms with Crippen LogP contribution in [0.2, 0.25) is 5.02 Å². The van der Waals surface area contributed by atoms with Crippen LogP contribution < -0.4 is 5.32 Å². The smallest absolute Gasteiger partial charge is 0.350 e. The summed E-state index contributed by atoms with van der Waals surface area (Å²) in [4.78, 5) is 17.0. The summed E-state index contributed by atoms with van der Waals surface area (Å²) in [5, 5.41) is 3.19. The van der Waals surface area contributed by atoms with Crippen molar-refractivity contribution in [2.24, 2.45) is 17.8 Å². The first-order valence-corrected chi connectivity index (χ1v) is 10.1. The Kier molecular flexibility index (Phi) is 3.99. The minimum atomic E-state index is -4.49. The van der Waals surface area contributed by atoms with Crippen molar-refractivity contribution in [1.82, 2.24) is 14.7 Å². The molecule has 8 heteroatoms. The van der Waals surface area contributed by atoms with Crippen LogP contribution in [0.25, 0.3) is 5.65 Å². The van der Waals surface area contributed by atoms with Crippen LogP contribution >= 0.6 is 11.6 Å². The maximum absolute atomic E-state index is 13.0. The summed E-state index contributed by atoms with van der Waals surface area (Å²) in [6.45, 7) is 0. The molecule has 0 unspecified atom stereocenters. The standard InChI is InChI=1S/C20H21ClF3N3O/c21-16-4-14(20(22,23)24)9-27-10-15(25-18(16)27)5-17(28)26-19-6-11-1-12(7-19)3-13(2-11)8-19/h4,9-13H,1-3,5-8H2,(H,26,28). The van der Waals surface area contributed by atoms with Gasteiger partial charge in [0.25, 0.3) is 0 Å². The van der Waals surface area contributed by atoms with Crippen molar-refractivity contribution in [1.29, 1.82) is 0 Å². The molecule has 4 aliphatic carbocycles. The van der Waals surface area contributed by atoms with E-state index in [9.17, 15) is 18.0 Å². The third-order valence-corrected chi connectivity index (χ3v) is 6.95. The molecule has 0 aliphatic heterocycles. The number of pyridine rings is 1. The minimum absolute atomic E-state index is 0.0428. The Morgan fingerprint density at radius 1 is 1.18 bits per heavy atom. The number of fused-ring (bicyclic) bond motifs is 1. The summed E-state index contributed by atoms with van der Waals surface area (Å²) in [5.41, 5.74) is -0.283. The van der Waals surface area contributed by atoms with E-state index in [1.165, 1.54) is 29.9 Å². The number of alkyl halides is 3. The van der Waals surface area contributed by atoms with E-state index in [0.29, 0.717) is 5.69 Å². The molecule has 6 rings (SSSR count). The summed E-state index contributed by atoms with van der Waals surface area (Å²) >= 11 is 5.98. The number of hydrogen-bond donors (Lipinski definition) is 1. The fraction of sp³-hybridized carbons (Fsp3) is 0.600. The highest BCUT2D eigenvalue weighted by molar-refractivity contribution is 6.33. The number of hydrogen-bond acceptors (Lipinski definition) is 2. The lowest BCUT2D eigenvalue weighted by Crippen LogP contribution is -2.60. The summed E-state index contributed by atoms with van der Waals surface area (Å²) in [6, 6.07) is 0.864. The molecule has 150 valence electrons. The van der Waals surface area contributed by atoms with Crippen molar-refractivity contribution in [2.45, 2.75) is 56.7 Å². The SMILES string of the molecule is O=C(Cc1cn2cc(C(F)(F)F)cc(Cl)c2n1)NC12CC3CC(CC(C3)C1)C2. The van der Waals surface area contributed by atoms with Gasteiger partial charge < -0.3 is 9.72 Å². The van der Waals surface area contributed by atoms with E-state index < -0.39 is 11.7 Å². The zero-order chi connectivity index (χ0) is 19.7. The second-order valence-corrected chi connectivity index (χ2v) is 9.37. The molecule has 28 heavy (non-hydrogen) atoms. The molecule has 2 aromatic heterocycles. The first kappa shape index (κ1) is 18.3. The van der Waals surface area contributed by atoms with Crippen LogP contribution in [0.1, 0.15) is 49.8 Å². The van der Waals surface area contributed by atoms with Crippen LogP contribution in [0.4, 0.5) is 13.2 Å². The van der Waals surface area contributed by atoms with Gasteiger partial charge in [-0.05, 0) is 62.3 Å². The average molecular weight is 412 g/mol. The number of halogens is 4. The summed E-state index contributed by atoms with van der Waals surface area (Å²) < 4.78 is 40.2. The zero-order valence-electron chi connectivity index (χ0n) is 15.2. The molecule has 2 aromatic rings. The number of rotatable bonds is 3. The Hall–Kier alpha value is -1.76. The molecule has 1 amide bonds. The monoisotopic (exact) mass is 411 g/mol. The van der Waals surface area contributed by atoms with Gasteiger partial charge in [-0.25, -0.2) is 4.98 Å². The van der Waals surface area contributed by atoms with E-state index in [2.05, 4.69) is 10.3 Å². The Morgan fingerprint density at radius 3 is 2.36 bits per heavy atom. The molecule has 4 aliphatic rings. The van der Waals surface area contributed by atoms with Crippen molar-refractivity contribution in [3.05, 3.63) is 34.7 Å². The average Bonchev–Trinajstić information content (AvgIpc) is 2.94. The van der Waals surface area contributed by atoms with Crippen molar-refractivity contribution >= 4 is 23.2 Å². The minimum Gasteiger partial charge on any atom is -0.350 e. The first-order valence-electron chi connectivity index (χ1n) is 9.74. The van der Waals surface area contributed by atoms with Gasteiger partial charge in [-0.2, -0.15) is 13.2 Å². The number of carbonyl (C=O) groups excluding carboxylic acids is 1. The van der Waals surface area contributed by atoms with E-state index in [0.717, 1.165) is 49.3 Å². The number of carbonyl (C=O) groups is 1. The Balaban J connectivity index is 1.34. The zero-order valence-corrected chi connectivity index (χ0v) is 16.0. The molecule has 0 atom stereocenters. The van der Waals surface area contributed by atoms with Gasteiger partial charge in [0.05, 0.1) is 22.7 Å². The lowest BCUT2D eigenvalue weighted by molar-refractivity contribution is -0.137. The molecule has 0 spiro atoms. The van der Waals surface area contributed by atoms with Gasteiger partial charge in [-0.1, -0.05) is 11.6 Å².